The molecule has 0 aromatic carbocycles. The van der Waals surface area contributed by atoms with Crippen LogP contribution in [0.15, 0.2) is 10.2 Å². The fraction of sp³-hybridized carbons (Fsp3) is 0.875. The third-order valence-electron chi connectivity index (χ3n) is 4.74. The molecule has 0 N–H and O–H groups in total. The molecule has 0 unspecified atom stereocenters. The topological polar surface area (TPSA) is 24.7 Å². The quantitative estimate of drug-likeness (QED) is 0.511. The van der Waals surface area contributed by atoms with Gasteiger partial charge in [0.2, 0.25) is 0 Å². The second-order valence-corrected chi connectivity index (χ2v) is 6.57. The molecule has 102 valence electrons. The van der Waals surface area contributed by atoms with Crippen LogP contribution in [0.25, 0.3) is 0 Å². The highest BCUT2D eigenvalue weighted by Gasteiger charge is 2.17. The fourth-order valence-corrected chi connectivity index (χ4v) is 3.14. The zero-order valence-electron chi connectivity index (χ0n) is 12.0. The van der Waals surface area contributed by atoms with Gasteiger partial charge < -0.3 is 0 Å². The molecule has 2 nitrogen and oxygen atoms in total. The number of rotatable bonds is 3. The van der Waals surface area contributed by atoms with Crippen LogP contribution in [0.4, 0.5) is 0 Å². The summed E-state index contributed by atoms with van der Waals surface area (Å²) in [5, 5.41) is 8.56. The van der Waals surface area contributed by atoms with E-state index in [0.29, 0.717) is 11.8 Å². The van der Waals surface area contributed by atoms with E-state index in [-0.39, 0.29) is 0 Å². The van der Waals surface area contributed by atoms with Gasteiger partial charge in [0.15, 0.2) is 0 Å². The van der Waals surface area contributed by atoms with E-state index in [0.717, 1.165) is 11.8 Å². The van der Waals surface area contributed by atoms with Crippen LogP contribution in [0.1, 0.15) is 65.2 Å². The van der Waals surface area contributed by atoms with Crippen LogP contribution in [0.2, 0.25) is 0 Å². The van der Waals surface area contributed by atoms with Crippen molar-refractivity contribution in [3.05, 3.63) is 0 Å². The van der Waals surface area contributed by atoms with Crippen LogP contribution in [0, 0.1) is 23.7 Å². The lowest BCUT2D eigenvalue weighted by Gasteiger charge is -2.23. The first kappa shape index (κ1) is 13.8. The Morgan fingerprint density at radius 1 is 0.611 bits per heavy atom. The van der Waals surface area contributed by atoms with Gasteiger partial charge in [-0.15, -0.1) is 0 Å². The van der Waals surface area contributed by atoms with E-state index in [1.807, 2.05) is 0 Å². The zero-order chi connectivity index (χ0) is 12.8. The largest absolute Gasteiger partial charge is 0.164 e. The van der Waals surface area contributed by atoms with Gasteiger partial charge in [-0.3, -0.25) is 0 Å². The molecule has 18 heavy (non-hydrogen) atoms. The van der Waals surface area contributed by atoms with Crippen molar-refractivity contribution in [1.82, 2.24) is 0 Å². The van der Waals surface area contributed by atoms with Crippen LogP contribution >= 0.6 is 0 Å². The zero-order valence-corrected chi connectivity index (χ0v) is 12.0. The molecule has 0 heterocycles. The first-order valence-corrected chi connectivity index (χ1v) is 7.80. The molecule has 0 bridgehead atoms. The Kier molecular flexibility index (Phi) is 5.40. The molecule has 2 saturated carbocycles. The SMILES string of the molecule is CC1CCC(/C=N\N=C/C2CCC(C)CC2)CC1. The molecular formula is C16H28N2. The Hall–Kier alpha value is -0.660. The van der Waals surface area contributed by atoms with Crippen LogP contribution in [-0.2, 0) is 0 Å². The Labute approximate surface area is 112 Å². The molecule has 0 aromatic rings. The van der Waals surface area contributed by atoms with E-state index in [4.69, 9.17) is 0 Å². The maximum atomic E-state index is 4.28. The molecule has 0 saturated heterocycles. The van der Waals surface area contributed by atoms with Crippen molar-refractivity contribution in [3.63, 3.8) is 0 Å². The maximum Gasteiger partial charge on any atom is 0.0301 e. The molecule has 2 rings (SSSR count). The third-order valence-corrected chi connectivity index (χ3v) is 4.74. The van der Waals surface area contributed by atoms with Gasteiger partial charge in [0.25, 0.3) is 0 Å². The van der Waals surface area contributed by atoms with Crippen LogP contribution in [0.3, 0.4) is 0 Å². The van der Waals surface area contributed by atoms with Crippen molar-refractivity contribution in [2.75, 3.05) is 0 Å². The molecule has 0 aliphatic heterocycles. The highest BCUT2D eigenvalue weighted by Crippen LogP contribution is 2.28. The predicted octanol–water partition coefficient (Wildman–Crippen LogP) is 4.70. The molecule has 0 amide bonds. The van der Waals surface area contributed by atoms with Crippen molar-refractivity contribution < 1.29 is 0 Å². The van der Waals surface area contributed by atoms with Gasteiger partial charge in [0, 0.05) is 12.4 Å². The predicted molar refractivity (Wildman–Crippen MR) is 79.2 cm³/mol. The van der Waals surface area contributed by atoms with E-state index in [1.54, 1.807) is 0 Å². The molecule has 0 aromatic heterocycles. The average Bonchev–Trinajstić information content (AvgIpc) is 2.39. The van der Waals surface area contributed by atoms with Crippen LogP contribution in [-0.4, -0.2) is 12.4 Å². The minimum Gasteiger partial charge on any atom is -0.164 e. The molecule has 2 fully saturated rings. The highest BCUT2D eigenvalue weighted by atomic mass is 15.2. The molecule has 2 aliphatic rings. The smallest absolute Gasteiger partial charge is 0.0301 e. The summed E-state index contributed by atoms with van der Waals surface area (Å²) in [4.78, 5) is 0. The summed E-state index contributed by atoms with van der Waals surface area (Å²) in [5.74, 6) is 3.21. The average molecular weight is 248 g/mol. The second-order valence-electron chi connectivity index (χ2n) is 6.57. The molecular weight excluding hydrogens is 220 g/mol. The van der Waals surface area contributed by atoms with Gasteiger partial charge in [-0.2, -0.15) is 10.2 Å². The molecule has 0 atom stereocenters. The number of hydrogen-bond donors (Lipinski definition) is 0. The summed E-state index contributed by atoms with van der Waals surface area (Å²) >= 11 is 0. The molecule has 0 spiro atoms. The first-order valence-electron chi connectivity index (χ1n) is 7.80. The molecule has 2 aliphatic carbocycles. The van der Waals surface area contributed by atoms with Gasteiger partial charge in [-0.1, -0.05) is 39.5 Å². The van der Waals surface area contributed by atoms with E-state index in [9.17, 15) is 0 Å². The van der Waals surface area contributed by atoms with Gasteiger partial charge in [-0.05, 0) is 49.4 Å². The second kappa shape index (κ2) is 7.06. The Balaban J connectivity index is 1.67. The van der Waals surface area contributed by atoms with E-state index in [1.165, 1.54) is 51.4 Å². The minimum atomic E-state index is 0.685. The third kappa shape index (κ3) is 4.55. The maximum absolute atomic E-state index is 4.28. The van der Waals surface area contributed by atoms with Crippen molar-refractivity contribution in [3.8, 4) is 0 Å². The summed E-state index contributed by atoms with van der Waals surface area (Å²) in [6.07, 6.45) is 14.9. The lowest BCUT2D eigenvalue weighted by Crippen LogP contribution is -2.13. The summed E-state index contributed by atoms with van der Waals surface area (Å²) in [6.45, 7) is 4.71. The first-order chi connectivity index (χ1) is 8.74. The number of nitrogens with zero attached hydrogens (tertiary/aromatic N) is 2. The van der Waals surface area contributed by atoms with Gasteiger partial charge in [-0.25, -0.2) is 0 Å². The Bertz CT molecular complexity index is 249. The van der Waals surface area contributed by atoms with Crippen molar-refractivity contribution >= 4 is 12.4 Å². The lowest BCUT2D eigenvalue weighted by molar-refractivity contribution is 0.346. The Morgan fingerprint density at radius 3 is 1.28 bits per heavy atom. The standard InChI is InChI=1S/C16H28N2/c1-13-3-7-15(8-4-13)11-17-18-12-16-9-5-14(2)6-10-16/h11-16H,3-10H2,1-2H3/b17-11-,18-12-. The van der Waals surface area contributed by atoms with E-state index >= 15 is 0 Å². The van der Waals surface area contributed by atoms with Gasteiger partial charge in [0.05, 0.1) is 0 Å². The van der Waals surface area contributed by atoms with Crippen molar-refractivity contribution in [1.29, 1.82) is 0 Å². The Morgan fingerprint density at radius 2 is 0.944 bits per heavy atom. The minimum absolute atomic E-state index is 0.685. The van der Waals surface area contributed by atoms with Crippen LogP contribution in [0.5, 0.6) is 0 Å². The normalized spacial score (nSPS) is 38.6. The summed E-state index contributed by atoms with van der Waals surface area (Å²) in [6, 6.07) is 0. The highest BCUT2D eigenvalue weighted by molar-refractivity contribution is 5.64. The summed E-state index contributed by atoms with van der Waals surface area (Å²) in [5.41, 5.74) is 0. The van der Waals surface area contributed by atoms with Gasteiger partial charge in [0.1, 0.15) is 0 Å². The van der Waals surface area contributed by atoms with Crippen molar-refractivity contribution in [2.24, 2.45) is 33.9 Å². The van der Waals surface area contributed by atoms with E-state index in [2.05, 4.69) is 36.5 Å². The van der Waals surface area contributed by atoms with Crippen molar-refractivity contribution in [2.45, 2.75) is 65.2 Å². The summed E-state index contributed by atoms with van der Waals surface area (Å²) in [7, 11) is 0. The lowest BCUT2D eigenvalue weighted by atomic mass is 9.84. The van der Waals surface area contributed by atoms with Gasteiger partial charge >= 0.3 is 0 Å². The summed E-state index contributed by atoms with van der Waals surface area (Å²) < 4.78 is 0. The van der Waals surface area contributed by atoms with E-state index < -0.39 is 0 Å². The monoisotopic (exact) mass is 248 g/mol. The fourth-order valence-electron chi connectivity index (χ4n) is 3.14. The number of hydrogen-bond acceptors (Lipinski definition) is 2. The molecule has 0 radical (unpaired) electrons. The molecule has 2 heteroatoms. The van der Waals surface area contributed by atoms with Crippen LogP contribution < -0.4 is 0 Å².